The molecule has 1 unspecified atom stereocenters. The number of allylic oxidation sites excluding steroid dienone is 2. The van der Waals surface area contributed by atoms with Crippen molar-refractivity contribution in [2.45, 2.75) is 124 Å². The van der Waals surface area contributed by atoms with E-state index in [2.05, 4.69) is 32.9 Å². The van der Waals surface area contributed by atoms with Crippen molar-refractivity contribution in [1.29, 1.82) is 0 Å². The zero-order valence-electron chi connectivity index (χ0n) is 16.0. The van der Waals surface area contributed by atoms with Crippen molar-refractivity contribution in [3.05, 3.63) is 12.2 Å². The maximum atomic E-state index is 2.43. The Morgan fingerprint density at radius 1 is 0.545 bits per heavy atom. The van der Waals surface area contributed by atoms with Crippen LogP contribution in [-0.2, 0) is 0 Å². The molecule has 1 atom stereocenters. The molecule has 0 aliphatic rings. The van der Waals surface area contributed by atoms with E-state index in [-0.39, 0.29) is 0 Å². The fraction of sp³-hybridized carbons (Fsp3) is 0.909. The highest BCUT2D eigenvalue weighted by molar-refractivity contribution is 4.81. The largest absolute Gasteiger partial charge is 0.0885 e. The molecule has 0 saturated carbocycles. The third-order valence-corrected chi connectivity index (χ3v) is 4.76. The van der Waals surface area contributed by atoms with E-state index in [0.717, 1.165) is 5.92 Å². The van der Waals surface area contributed by atoms with Crippen LogP contribution in [0.5, 0.6) is 0 Å². The molecule has 0 heteroatoms. The molecule has 0 aliphatic heterocycles. The Hall–Kier alpha value is -0.260. The average Bonchev–Trinajstić information content (AvgIpc) is 2.53. The van der Waals surface area contributed by atoms with Gasteiger partial charge in [0.1, 0.15) is 0 Å². The highest BCUT2D eigenvalue weighted by Gasteiger charge is 2.00. The molecule has 0 amide bonds. The predicted octanol–water partition coefficient (Wildman–Crippen LogP) is 8.46. The summed E-state index contributed by atoms with van der Waals surface area (Å²) in [4.78, 5) is 0. The maximum absolute atomic E-state index is 2.43. The van der Waals surface area contributed by atoms with Crippen LogP contribution in [0.3, 0.4) is 0 Å². The van der Waals surface area contributed by atoms with E-state index >= 15 is 0 Å². The van der Waals surface area contributed by atoms with Crippen molar-refractivity contribution in [3.63, 3.8) is 0 Å². The molecule has 0 bridgehead atoms. The lowest BCUT2D eigenvalue weighted by Crippen LogP contribution is -1.94. The second-order valence-corrected chi connectivity index (χ2v) is 7.27. The number of hydrogen-bond acceptors (Lipinski definition) is 0. The van der Waals surface area contributed by atoms with Gasteiger partial charge in [0, 0.05) is 0 Å². The van der Waals surface area contributed by atoms with Crippen LogP contribution in [0.2, 0.25) is 0 Å². The van der Waals surface area contributed by atoms with Gasteiger partial charge in [-0.15, -0.1) is 0 Å². The average molecular weight is 309 g/mol. The summed E-state index contributed by atoms with van der Waals surface area (Å²) >= 11 is 0. The van der Waals surface area contributed by atoms with E-state index in [0.29, 0.717) is 0 Å². The van der Waals surface area contributed by atoms with Crippen LogP contribution in [0.1, 0.15) is 124 Å². The molecule has 0 radical (unpaired) electrons. The molecular weight excluding hydrogens is 264 g/mol. The fourth-order valence-corrected chi connectivity index (χ4v) is 3.08. The molecule has 0 N–H and O–H groups in total. The van der Waals surface area contributed by atoms with Crippen LogP contribution in [0, 0.1) is 5.92 Å². The second kappa shape index (κ2) is 18.8. The van der Waals surface area contributed by atoms with Gasteiger partial charge in [0.25, 0.3) is 0 Å². The lowest BCUT2D eigenvalue weighted by molar-refractivity contribution is 0.450. The third-order valence-electron chi connectivity index (χ3n) is 4.76. The Bertz CT molecular complexity index is 216. The molecule has 0 aromatic heterocycles. The summed E-state index contributed by atoms with van der Waals surface area (Å²) in [6, 6.07) is 0. The van der Waals surface area contributed by atoms with Gasteiger partial charge in [0.15, 0.2) is 0 Å². The fourth-order valence-electron chi connectivity index (χ4n) is 3.08. The van der Waals surface area contributed by atoms with Crippen LogP contribution < -0.4 is 0 Å². The van der Waals surface area contributed by atoms with Gasteiger partial charge in [-0.25, -0.2) is 0 Å². The van der Waals surface area contributed by atoms with Crippen LogP contribution in [-0.4, -0.2) is 0 Å². The molecule has 0 aromatic carbocycles. The van der Waals surface area contributed by atoms with Gasteiger partial charge in [0.2, 0.25) is 0 Å². The summed E-state index contributed by atoms with van der Waals surface area (Å²) in [7, 11) is 0. The third kappa shape index (κ3) is 17.8. The van der Waals surface area contributed by atoms with Crippen molar-refractivity contribution >= 4 is 0 Å². The van der Waals surface area contributed by atoms with E-state index in [1.165, 1.54) is 103 Å². The summed E-state index contributed by atoms with van der Waals surface area (Å²) in [6.45, 7) is 7.01. The molecule has 0 heterocycles. The van der Waals surface area contributed by atoms with Gasteiger partial charge in [-0.1, -0.05) is 110 Å². The Labute approximate surface area is 142 Å². The van der Waals surface area contributed by atoms with Gasteiger partial charge in [-0.05, 0) is 31.6 Å². The summed E-state index contributed by atoms with van der Waals surface area (Å²) in [5.74, 6) is 0.946. The van der Waals surface area contributed by atoms with E-state index < -0.39 is 0 Å². The molecule has 132 valence electrons. The van der Waals surface area contributed by atoms with Crippen LogP contribution in [0.15, 0.2) is 12.2 Å². The van der Waals surface area contributed by atoms with Crippen molar-refractivity contribution in [2.24, 2.45) is 5.92 Å². The highest BCUT2D eigenvalue weighted by atomic mass is 14.1. The first kappa shape index (κ1) is 21.7. The van der Waals surface area contributed by atoms with Crippen molar-refractivity contribution in [3.8, 4) is 0 Å². The van der Waals surface area contributed by atoms with Crippen molar-refractivity contribution in [2.75, 3.05) is 0 Å². The first-order chi connectivity index (χ1) is 10.8. The van der Waals surface area contributed by atoms with Crippen LogP contribution in [0.4, 0.5) is 0 Å². The lowest BCUT2D eigenvalue weighted by atomic mass is 9.97. The van der Waals surface area contributed by atoms with E-state index in [1.54, 1.807) is 0 Å². The number of unbranched alkanes of at least 4 members (excludes halogenated alkanes) is 11. The Balaban J connectivity index is 3.14. The summed E-state index contributed by atoms with van der Waals surface area (Å²) in [5.41, 5.74) is 0. The second-order valence-electron chi connectivity index (χ2n) is 7.27. The lowest BCUT2D eigenvalue weighted by Gasteiger charge is -2.09. The Kier molecular flexibility index (Phi) is 18.6. The summed E-state index contributed by atoms with van der Waals surface area (Å²) < 4.78 is 0. The van der Waals surface area contributed by atoms with Gasteiger partial charge in [-0.2, -0.15) is 0 Å². The zero-order chi connectivity index (χ0) is 16.3. The van der Waals surface area contributed by atoms with E-state index in [4.69, 9.17) is 0 Å². The van der Waals surface area contributed by atoms with E-state index in [1.807, 2.05) is 0 Å². The topological polar surface area (TPSA) is 0 Å². The van der Waals surface area contributed by atoms with E-state index in [9.17, 15) is 0 Å². The quantitative estimate of drug-likeness (QED) is 0.187. The standard InChI is InChI=1S/C22H44/c1-4-6-8-9-10-11-12-13-14-15-16-17-18-19-21-22(3)20-7-5-2/h15-16,22H,4-14,17-21H2,1-3H3/b16-15+. The predicted molar refractivity (Wildman–Crippen MR) is 104 cm³/mol. The molecule has 0 nitrogen and oxygen atoms in total. The summed E-state index contributed by atoms with van der Waals surface area (Å²) in [5, 5.41) is 0. The minimum absolute atomic E-state index is 0.946. The summed E-state index contributed by atoms with van der Waals surface area (Å²) in [6.07, 6.45) is 27.4. The normalized spacial score (nSPS) is 13.0. The number of hydrogen-bond donors (Lipinski definition) is 0. The van der Waals surface area contributed by atoms with Crippen molar-refractivity contribution in [1.82, 2.24) is 0 Å². The smallest absolute Gasteiger partial charge is 0.0351 e. The van der Waals surface area contributed by atoms with Gasteiger partial charge in [-0.3, -0.25) is 0 Å². The van der Waals surface area contributed by atoms with Gasteiger partial charge >= 0.3 is 0 Å². The molecule has 0 aromatic rings. The minimum Gasteiger partial charge on any atom is -0.0885 e. The molecular formula is C22H44. The molecule has 0 spiro atoms. The molecule has 22 heavy (non-hydrogen) atoms. The maximum Gasteiger partial charge on any atom is -0.0351 e. The minimum atomic E-state index is 0.946. The zero-order valence-corrected chi connectivity index (χ0v) is 16.0. The molecule has 0 rings (SSSR count). The first-order valence-corrected chi connectivity index (χ1v) is 10.5. The van der Waals surface area contributed by atoms with Crippen LogP contribution >= 0.6 is 0 Å². The SMILES string of the molecule is CCCCCCCCCC/C=C/CCCCC(C)CCCC. The Morgan fingerprint density at radius 2 is 1.00 bits per heavy atom. The first-order valence-electron chi connectivity index (χ1n) is 10.5. The molecule has 0 saturated heterocycles. The van der Waals surface area contributed by atoms with Gasteiger partial charge in [0.05, 0.1) is 0 Å². The van der Waals surface area contributed by atoms with Crippen LogP contribution in [0.25, 0.3) is 0 Å². The number of rotatable bonds is 17. The highest BCUT2D eigenvalue weighted by Crippen LogP contribution is 2.16. The Morgan fingerprint density at radius 3 is 1.59 bits per heavy atom. The molecule has 0 fully saturated rings. The monoisotopic (exact) mass is 308 g/mol. The molecule has 0 aliphatic carbocycles. The van der Waals surface area contributed by atoms with Gasteiger partial charge < -0.3 is 0 Å². The van der Waals surface area contributed by atoms with Crippen molar-refractivity contribution < 1.29 is 0 Å².